The van der Waals surface area contributed by atoms with Crippen molar-refractivity contribution in [2.45, 2.75) is 18.4 Å². The summed E-state index contributed by atoms with van der Waals surface area (Å²) in [6, 6.07) is 11.5. The van der Waals surface area contributed by atoms with Gasteiger partial charge in [0.25, 0.3) is 5.91 Å². The quantitative estimate of drug-likeness (QED) is 0.479. The van der Waals surface area contributed by atoms with Crippen LogP contribution in [0.3, 0.4) is 0 Å². The molecule has 1 heterocycles. The third kappa shape index (κ3) is 4.87. The van der Waals surface area contributed by atoms with Crippen LogP contribution in [-0.4, -0.2) is 57.6 Å². The number of sulfonamides is 1. The van der Waals surface area contributed by atoms with Crippen molar-refractivity contribution in [1.82, 2.24) is 8.87 Å². The van der Waals surface area contributed by atoms with Crippen LogP contribution in [0, 0.1) is 0 Å². The van der Waals surface area contributed by atoms with Crippen molar-refractivity contribution in [3.8, 4) is 5.75 Å². The number of carbonyl (C=O) groups is 1. The van der Waals surface area contributed by atoms with E-state index in [4.69, 9.17) is 9.47 Å². The minimum absolute atomic E-state index is 0.118. The number of hydrogen-bond acceptors (Lipinski definition) is 6. The number of methoxy groups -OCH3 is 1. The van der Waals surface area contributed by atoms with Crippen LogP contribution in [0.5, 0.6) is 5.75 Å². The highest BCUT2D eigenvalue weighted by Gasteiger charge is 2.18. The van der Waals surface area contributed by atoms with Gasteiger partial charge in [-0.25, -0.2) is 12.7 Å². The number of thiazole rings is 1. The fraction of sp³-hybridized carbons (Fsp3) is 0.333. The summed E-state index contributed by atoms with van der Waals surface area (Å²) in [5, 5.41) is 0. The molecule has 0 saturated carbocycles. The third-order valence-electron chi connectivity index (χ3n) is 4.62. The van der Waals surface area contributed by atoms with Gasteiger partial charge in [-0.05, 0) is 43.3 Å². The van der Waals surface area contributed by atoms with Crippen LogP contribution >= 0.6 is 11.3 Å². The van der Waals surface area contributed by atoms with Crippen molar-refractivity contribution in [2.75, 3.05) is 34.4 Å². The molecular formula is C21H25N3O5S2. The Bertz CT molecular complexity index is 1240. The first-order valence-corrected chi connectivity index (χ1v) is 11.9. The number of aromatic nitrogens is 1. The molecule has 8 nitrogen and oxygen atoms in total. The molecule has 3 aromatic rings. The van der Waals surface area contributed by atoms with E-state index in [2.05, 4.69) is 4.99 Å². The lowest BCUT2D eigenvalue weighted by Gasteiger charge is -2.11. The lowest BCUT2D eigenvalue weighted by Crippen LogP contribution is -2.22. The van der Waals surface area contributed by atoms with Crippen molar-refractivity contribution in [3.63, 3.8) is 0 Å². The van der Waals surface area contributed by atoms with E-state index in [1.165, 1.54) is 49.7 Å². The SMILES string of the molecule is CCOCCn1c(=NC(=O)c2ccc(S(=O)(=O)N(C)C)cc2)sc2cccc(OC)c21. The van der Waals surface area contributed by atoms with Crippen LogP contribution < -0.4 is 9.54 Å². The average Bonchev–Trinajstić information content (AvgIpc) is 3.11. The standard InChI is InChI=1S/C21H25N3O5S2/c1-5-29-14-13-24-19-17(28-4)7-6-8-18(19)30-21(24)22-20(25)15-9-11-16(12-10-15)31(26,27)23(2)3/h6-12H,5,13-14H2,1-4H3. The fourth-order valence-electron chi connectivity index (χ4n) is 2.99. The first-order chi connectivity index (χ1) is 14.8. The van der Waals surface area contributed by atoms with Gasteiger partial charge in [-0.1, -0.05) is 17.4 Å². The van der Waals surface area contributed by atoms with E-state index in [9.17, 15) is 13.2 Å². The summed E-state index contributed by atoms with van der Waals surface area (Å²) in [5.74, 6) is 0.238. The summed E-state index contributed by atoms with van der Waals surface area (Å²) < 4.78 is 39.4. The second kappa shape index (κ2) is 9.73. The molecule has 0 unspecified atom stereocenters. The summed E-state index contributed by atoms with van der Waals surface area (Å²) in [5.41, 5.74) is 1.16. The van der Waals surface area contributed by atoms with Crippen molar-refractivity contribution in [2.24, 2.45) is 4.99 Å². The number of hydrogen-bond donors (Lipinski definition) is 0. The monoisotopic (exact) mass is 463 g/mol. The number of benzene rings is 2. The van der Waals surface area contributed by atoms with Crippen molar-refractivity contribution < 1.29 is 22.7 Å². The lowest BCUT2D eigenvalue weighted by atomic mass is 10.2. The Morgan fingerprint density at radius 1 is 1.16 bits per heavy atom. The topological polar surface area (TPSA) is 90.2 Å². The predicted octanol–water partition coefficient (Wildman–Crippen LogP) is 2.74. The maximum Gasteiger partial charge on any atom is 0.279 e. The zero-order valence-electron chi connectivity index (χ0n) is 17.9. The minimum atomic E-state index is -3.56. The molecule has 0 bridgehead atoms. The molecule has 0 spiro atoms. The summed E-state index contributed by atoms with van der Waals surface area (Å²) >= 11 is 1.38. The van der Waals surface area contributed by atoms with Gasteiger partial charge in [-0.15, -0.1) is 0 Å². The van der Waals surface area contributed by atoms with Gasteiger partial charge in [0.15, 0.2) is 4.80 Å². The molecule has 0 fully saturated rings. The Labute approximate surface area is 185 Å². The normalized spacial score (nSPS) is 12.6. The number of rotatable bonds is 8. The molecule has 2 aromatic carbocycles. The second-order valence-corrected chi connectivity index (χ2v) is 9.93. The van der Waals surface area contributed by atoms with Crippen molar-refractivity contribution >= 4 is 37.5 Å². The van der Waals surface area contributed by atoms with Crippen molar-refractivity contribution in [1.29, 1.82) is 0 Å². The zero-order chi connectivity index (χ0) is 22.6. The molecule has 0 aliphatic carbocycles. The van der Waals surface area contributed by atoms with E-state index < -0.39 is 15.9 Å². The van der Waals surface area contributed by atoms with E-state index in [-0.39, 0.29) is 4.90 Å². The summed E-state index contributed by atoms with van der Waals surface area (Å²) in [7, 11) is 0.958. The molecule has 31 heavy (non-hydrogen) atoms. The van der Waals surface area contributed by atoms with Gasteiger partial charge in [-0.2, -0.15) is 4.99 Å². The largest absolute Gasteiger partial charge is 0.495 e. The molecule has 0 N–H and O–H groups in total. The Morgan fingerprint density at radius 2 is 1.87 bits per heavy atom. The van der Waals surface area contributed by atoms with Gasteiger partial charge < -0.3 is 14.0 Å². The molecular weight excluding hydrogens is 438 g/mol. The molecule has 0 atom stereocenters. The predicted molar refractivity (Wildman–Crippen MR) is 120 cm³/mol. The maximum atomic E-state index is 12.8. The van der Waals surface area contributed by atoms with E-state index >= 15 is 0 Å². The van der Waals surface area contributed by atoms with Crippen LogP contribution in [0.25, 0.3) is 10.2 Å². The number of nitrogens with zero attached hydrogens (tertiary/aromatic N) is 3. The molecule has 0 aliphatic heterocycles. The second-order valence-electron chi connectivity index (χ2n) is 6.77. The maximum absolute atomic E-state index is 12.8. The molecule has 3 rings (SSSR count). The van der Waals surface area contributed by atoms with Crippen LogP contribution in [0.2, 0.25) is 0 Å². The van der Waals surface area contributed by atoms with Gasteiger partial charge in [0.2, 0.25) is 10.0 Å². The summed E-state index contributed by atoms with van der Waals surface area (Å²) in [4.78, 5) is 17.8. The first-order valence-electron chi connectivity index (χ1n) is 9.65. The summed E-state index contributed by atoms with van der Waals surface area (Å²) in [6.45, 7) is 3.50. The van der Waals surface area contributed by atoms with E-state index in [1.54, 1.807) is 7.11 Å². The molecule has 1 amide bonds. The zero-order valence-corrected chi connectivity index (χ0v) is 19.5. The molecule has 1 aromatic heterocycles. The highest BCUT2D eigenvalue weighted by atomic mass is 32.2. The van der Waals surface area contributed by atoms with Crippen molar-refractivity contribution in [3.05, 3.63) is 52.8 Å². The molecule has 10 heteroatoms. The highest BCUT2D eigenvalue weighted by molar-refractivity contribution is 7.89. The Morgan fingerprint density at radius 3 is 2.48 bits per heavy atom. The van der Waals surface area contributed by atoms with Crippen LogP contribution in [0.1, 0.15) is 17.3 Å². The van der Waals surface area contributed by atoms with Crippen LogP contribution in [-0.2, 0) is 21.3 Å². The Balaban J connectivity index is 2.03. The summed E-state index contributed by atoms with van der Waals surface area (Å²) in [6.07, 6.45) is 0. The number of fused-ring (bicyclic) bond motifs is 1. The van der Waals surface area contributed by atoms with Gasteiger partial charge in [0, 0.05) is 32.8 Å². The smallest absolute Gasteiger partial charge is 0.279 e. The van der Waals surface area contributed by atoms with E-state index in [0.717, 1.165) is 14.5 Å². The lowest BCUT2D eigenvalue weighted by molar-refractivity contribution is 0.0996. The molecule has 166 valence electrons. The number of amides is 1. The van der Waals surface area contributed by atoms with Gasteiger partial charge in [0.05, 0.1) is 23.3 Å². The third-order valence-corrected chi connectivity index (χ3v) is 7.50. The van der Waals surface area contributed by atoms with Gasteiger partial charge >= 0.3 is 0 Å². The Kier molecular flexibility index (Phi) is 7.26. The van der Waals surface area contributed by atoms with Crippen LogP contribution in [0.15, 0.2) is 52.4 Å². The number of carbonyl (C=O) groups excluding carboxylic acids is 1. The average molecular weight is 464 g/mol. The highest BCUT2D eigenvalue weighted by Crippen LogP contribution is 2.27. The number of para-hydroxylation sites is 1. The van der Waals surface area contributed by atoms with Gasteiger partial charge in [0.1, 0.15) is 11.3 Å². The van der Waals surface area contributed by atoms with Crippen LogP contribution in [0.4, 0.5) is 0 Å². The van der Waals surface area contributed by atoms with E-state index in [1.807, 2.05) is 29.7 Å². The number of ether oxygens (including phenoxy) is 2. The van der Waals surface area contributed by atoms with E-state index in [0.29, 0.717) is 35.9 Å². The molecule has 0 radical (unpaired) electrons. The molecule has 0 aliphatic rings. The first kappa shape index (κ1) is 23.1. The Hall–Kier alpha value is -2.53. The fourth-order valence-corrected chi connectivity index (χ4v) is 4.96. The van der Waals surface area contributed by atoms with Gasteiger partial charge in [-0.3, -0.25) is 4.79 Å². The minimum Gasteiger partial charge on any atom is -0.495 e. The molecule has 0 saturated heterocycles.